The number of anilines is 1. The zero-order valence-corrected chi connectivity index (χ0v) is 16.0. The molecule has 27 heavy (non-hydrogen) atoms. The highest BCUT2D eigenvalue weighted by molar-refractivity contribution is 6.39. The minimum Gasteiger partial charge on any atom is -0.464 e. The molecule has 1 fully saturated rings. The maximum atomic E-state index is 13.4. The molecule has 2 heterocycles. The fraction of sp³-hybridized carbons (Fsp3) is 0.421. The third kappa shape index (κ3) is 2.72. The maximum Gasteiger partial charge on any atom is 0.354 e. The third-order valence-corrected chi connectivity index (χ3v) is 4.96. The number of hydrogen-bond donors (Lipinski definition) is 0. The first-order chi connectivity index (χ1) is 12.6. The highest BCUT2D eigenvalue weighted by Gasteiger charge is 2.61. The molecule has 1 saturated heterocycles. The van der Waals surface area contributed by atoms with Crippen molar-refractivity contribution in [1.29, 1.82) is 0 Å². The lowest BCUT2D eigenvalue weighted by molar-refractivity contribution is -0.141. The van der Waals surface area contributed by atoms with Crippen molar-refractivity contribution >= 4 is 35.1 Å². The van der Waals surface area contributed by atoms with Crippen LogP contribution in [0.15, 0.2) is 17.2 Å². The van der Waals surface area contributed by atoms with Crippen LogP contribution in [0.2, 0.25) is 0 Å². The summed E-state index contributed by atoms with van der Waals surface area (Å²) in [7, 11) is 1.20. The lowest BCUT2D eigenvalue weighted by Crippen LogP contribution is -2.51. The normalized spacial score (nSPS) is 21.9. The standard InChI is InChI=1S/C19H21N3O5/c1-10-6-11(2)16(12(3)7-10)21-15(24)9-19(18(21)26)8-14(17(25)27-5)20-22(19)13(4)23/h6-7H,8-9H2,1-5H3. The van der Waals surface area contributed by atoms with Crippen molar-refractivity contribution in [2.24, 2.45) is 5.10 Å². The summed E-state index contributed by atoms with van der Waals surface area (Å²) in [5.41, 5.74) is 1.54. The molecule has 8 heteroatoms. The summed E-state index contributed by atoms with van der Waals surface area (Å²) >= 11 is 0. The Balaban J connectivity index is 2.09. The van der Waals surface area contributed by atoms with Gasteiger partial charge in [-0.15, -0.1) is 0 Å². The van der Waals surface area contributed by atoms with Crippen LogP contribution in [0.4, 0.5) is 5.69 Å². The smallest absolute Gasteiger partial charge is 0.354 e. The number of hydrogen-bond acceptors (Lipinski definition) is 6. The van der Waals surface area contributed by atoms with E-state index in [2.05, 4.69) is 9.84 Å². The van der Waals surface area contributed by atoms with Gasteiger partial charge in [-0.25, -0.2) is 14.7 Å². The van der Waals surface area contributed by atoms with Crippen LogP contribution in [0.5, 0.6) is 0 Å². The van der Waals surface area contributed by atoms with Gasteiger partial charge in [0.2, 0.25) is 11.8 Å². The zero-order valence-electron chi connectivity index (χ0n) is 16.0. The summed E-state index contributed by atoms with van der Waals surface area (Å²) in [5, 5.41) is 4.95. The van der Waals surface area contributed by atoms with E-state index in [1.165, 1.54) is 14.0 Å². The monoisotopic (exact) mass is 371 g/mol. The van der Waals surface area contributed by atoms with Gasteiger partial charge in [0.15, 0.2) is 5.54 Å². The van der Waals surface area contributed by atoms with Crippen LogP contribution in [-0.4, -0.2) is 47.1 Å². The van der Waals surface area contributed by atoms with Gasteiger partial charge in [-0.1, -0.05) is 17.7 Å². The van der Waals surface area contributed by atoms with Gasteiger partial charge in [0.25, 0.3) is 5.91 Å². The largest absolute Gasteiger partial charge is 0.464 e. The molecule has 8 nitrogen and oxygen atoms in total. The Labute approximate surface area is 156 Å². The van der Waals surface area contributed by atoms with Crippen molar-refractivity contribution < 1.29 is 23.9 Å². The molecule has 142 valence electrons. The first-order valence-corrected chi connectivity index (χ1v) is 8.54. The van der Waals surface area contributed by atoms with Crippen LogP contribution in [0, 0.1) is 20.8 Å². The average Bonchev–Trinajstić information content (AvgIpc) is 3.07. The Bertz CT molecular complexity index is 897. The van der Waals surface area contributed by atoms with E-state index in [1.807, 2.05) is 32.9 Å². The highest BCUT2D eigenvalue weighted by atomic mass is 16.5. The Kier molecular flexibility index (Phi) is 4.37. The highest BCUT2D eigenvalue weighted by Crippen LogP contribution is 2.42. The SMILES string of the molecule is COC(=O)C1=NN(C(C)=O)C2(CC(=O)N(c3c(C)cc(C)cc3C)C2=O)C1. The number of carbonyl (C=O) groups is 4. The number of methoxy groups -OCH3 is 1. The molecule has 3 amide bonds. The molecule has 0 N–H and O–H groups in total. The molecule has 1 spiro atoms. The fourth-order valence-electron chi connectivity index (χ4n) is 3.99. The number of nitrogens with zero attached hydrogens (tertiary/aromatic N) is 3. The van der Waals surface area contributed by atoms with Gasteiger partial charge >= 0.3 is 5.97 Å². The molecular formula is C19H21N3O5. The number of aryl methyl sites for hydroxylation is 3. The number of esters is 1. The van der Waals surface area contributed by atoms with Crippen LogP contribution in [0.1, 0.15) is 36.5 Å². The quantitative estimate of drug-likeness (QED) is 0.578. The molecule has 3 rings (SSSR count). The lowest BCUT2D eigenvalue weighted by atomic mass is 9.91. The fourth-order valence-corrected chi connectivity index (χ4v) is 3.99. The first kappa shape index (κ1) is 18.8. The van der Waals surface area contributed by atoms with Crippen molar-refractivity contribution in [2.45, 2.75) is 46.1 Å². The topological polar surface area (TPSA) is 96.3 Å². The molecular weight excluding hydrogens is 350 g/mol. The predicted molar refractivity (Wildman–Crippen MR) is 97.1 cm³/mol. The van der Waals surface area contributed by atoms with Crippen molar-refractivity contribution in [2.75, 3.05) is 12.0 Å². The van der Waals surface area contributed by atoms with E-state index in [1.54, 1.807) is 0 Å². The van der Waals surface area contributed by atoms with E-state index in [-0.39, 0.29) is 18.6 Å². The zero-order chi connectivity index (χ0) is 20.1. The van der Waals surface area contributed by atoms with E-state index in [0.717, 1.165) is 26.6 Å². The van der Waals surface area contributed by atoms with Crippen molar-refractivity contribution in [1.82, 2.24) is 5.01 Å². The van der Waals surface area contributed by atoms with Crippen LogP contribution >= 0.6 is 0 Å². The van der Waals surface area contributed by atoms with Gasteiger partial charge in [0.1, 0.15) is 5.71 Å². The van der Waals surface area contributed by atoms with Crippen LogP contribution in [-0.2, 0) is 23.9 Å². The molecule has 1 aromatic rings. The minimum absolute atomic E-state index is 0.0481. The average molecular weight is 371 g/mol. The molecule has 2 aliphatic rings. The van der Waals surface area contributed by atoms with Gasteiger partial charge in [-0.2, -0.15) is 5.10 Å². The van der Waals surface area contributed by atoms with Gasteiger partial charge in [-0.05, 0) is 31.9 Å². The molecule has 0 aliphatic carbocycles. The molecule has 0 radical (unpaired) electrons. The van der Waals surface area contributed by atoms with E-state index in [4.69, 9.17) is 0 Å². The third-order valence-electron chi connectivity index (χ3n) is 4.96. The van der Waals surface area contributed by atoms with E-state index < -0.39 is 29.2 Å². The number of benzene rings is 1. The second kappa shape index (κ2) is 6.29. The molecule has 0 aromatic heterocycles. The molecule has 0 bridgehead atoms. The van der Waals surface area contributed by atoms with Crippen LogP contribution < -0.4 is 4.90 Å². The van der Waals surface area contributed by atoms with Crippen LogP contribution in [0.3, 0.4) is 0 Å². The van der Waals surface area contributed by atoms with Crippen molar-refractivity contribution in [3.63, 3.8) is 0 Å². The van der Waals surface area contributed by atoms with Gasteiger partial charge in [0, 0.05) is 13.3 Å². The maximum absolute atomic E-state index is 13.4. The summed E-state index contributed by atoms with van der Waals surface area (Å²) in [6.07, 6.45) is -0.382. The van der Waals surface area contributed by atoms with Crippen molar-refractivity contribution in [3.8, 4) is 0 Å². The first-order valence-electron chi connectivity index (χ1n) is 8.54. The molecule has 2 aliphatic heterocycles. The summed E-state index contributed by atoms with van der Waals surface area (Å²) in [6.45, 7) is 6.83. The van der Waals surface area contributed by atoms with E-state index >= 15 is 0 Å². The number of hydrazone groups is 1. The Hall–Kier alpha value is -3.03. The second-order valence-electron chi connectivity index (χ2n) is 7.04. The molecule has 1 unspecified atom stereocenters. The number of amides is 3. The number of imide groups is 1. The van der Waals surface area contributed by atoms with Crippen molar-refractivity contribution in [3.05, 3.63) is 28.8 Å². The summed E-state index contributed by atoms with van der Waals surface area (Å²) in [4.78, 5) is 51.4. The van der Waals surface area contributed by atoms with Crippen LogP contribution in [0.25, 0.3) is 0 Å². The molecule has 1 atom stereocenters. The Morgan fingerprint density at radius 3 is 2.22 bits per heavy atom. The number of rotatable bonds is 2. The number of carbonyl (C=O) groups excluding carboxylic acids is 4. The Morgan fingerprint density at radius 2 is 1.70 bits per heavy atom. The van der Waals surface area contributed by atoms with Gasteiger partial charge in [0.05, 0.1) is 19.2 Å². The molecule has 0 saturated carbocycles. The second-order valence-corrected chi connectivity index (χ2v) is 7.04. The molecule has 1 aromatic carbocycles. The van der Waals surface area contributed by atoms with E-state index in [0.29, 0.717) is 5.69 Å². The number of ether oxygens (including phenoxy) is 1. The van der Waals surface area contributed by atoms with Gasteiger partial charge < -0.3 is 4.74 Å². The summed E-state index contributed by atoms with van der Waals surface area (Å²) < 4.78 is 4.67. The summed E-state index contributed by atoms with van der Waals surface area (Å²) in [5.74, 6) is -2.23. The van der Waals surface area contributed by atoms with Gasteiger partial charge in [-0.3, -0.25) is 14.4 Å². The van der Waals surface area contributed by atoms with E-state index in [9.17, 15) is 19.2 Å². The Morgan fingerprint density at radius 1 is 1.11 bits per heavy atom. The predicted octanol–water partition coefficient (Wildman–Crippen LogP) is 1.40. The minimum atomic E-state index is -1.52. The summed E-state index contributed by atoms with van der Waals surface area (Å²) in [6, 6.07) is 3.78. The lowest BCUT2D eigenvalue weighted by Gasteiger charge is -2.29.